The van der Waals surface area contributed by atoms with Gasteiger partial charge in [0.15, 0.2) is 0 Å². The van der Waals surface area contributed by atoms with Crippen molar-refractivity contribution >= 4 is 28.4 Å². The minimum atomic E-state index is 0.422. The van der Waals surface area contributed by atoms with Crippen LogP contribution in [0.15, 0.2) is 0 Å². The molecule has 1 aromatic heterocycles. The summed E-state index contributed by atoms with van der Waals surface area (Å²) in [6, 6.07) is 0. The van der Waals surface area contributed by atoms with Crippen molar-refractivity contribution in [3.8, 4) is 0 Å². The van der Waals surface area contributed by atoms with E-state index in [2.05, 4.69) is 48.7 Å². The fourth-order valence-electron chi connectivity index (χ4n) is 2.35. The third-order valence-corrected chi connectivity index (χ3v) is 4.57. The molecule has 2 rings (SSSR count). The smallest absolute Gasteiger partial charge is 0.143 e. The van der Waals surface area contributed by atoms with Crippen LogP contribution in [0.1, 0.15) is 51.0 Å². The number of anilines is 1. The highest BCUT2D eigenvalue weighted by Crippen LogP contribution is 2.26. The van der Waals surface area contributed by atoms with Crippen LogP contribution in [0.2, 0.25) is 0 Å². The van der Waals surface area contributed by atoms with Crippen molar-refractivity contribution in [2.75, 3.05) is 25.1 Å². The molecule has 0 spiro atoms. The molecule has 0 radical (unpaired) electrons. The van der Waals surface area contributed by atoms with E-state index in [9.17, 15) is 0 Å². The van der Waals surface area contributed by atoms with Gasteiger partial charge in [-0.05, 0) is 47.3 Å². The molecule has 2 heterocycles. The maximum Gasteiger partial charge on any atom is 0.143 e. The summed E-state index contributed by atoms with van der Waals surface area (Å²) < 4.78 is 6.62. The summed E-state index contributed by atoms with van der Waals surface area (Å²) in [4.78, 5) is 9.52. The number of ether oxygens (including phenoxy) is 1. The minimum absolute atomic E-state index is 0.422. The van der Waals surface area contributed by atoms with Crippen molar-refractivity contribution in [2.24, 2.45) is 5.92 Å². The monoisotopic (exact) mass is 389 g/mol. The fraction of sp³-hybridized carbons (Fsp3) is 0.733. The zero-order valence-corrected chi connectivity index (χ0v) is 14.7. The van der Waals surface area contributed by atoms with Crippen LogP contribution in [0.5, 0.6) is 0 Å². The molecular weight excluding hydrogens is 365 g/mol. The second kappa shape index (κ2) is 7.54. The molecule has 1 aliphatic rings. The molecule has 0 aliphatic carbocycles. The Bertz CT molecular complexity index is 445. The van der Waals surface area contributed by atoms with E-state index >= 15 is 0 Å². The Hall–Kier alpha value is -0.430. The van der Waals surface area contributed by atoms with Gasteiger partial charge in [0.05, 0.1) is 9.26 Å². The topological polar surface area (TPSA) is 47.0 Å². The number of nitrogens with zero attached hydrogens (tertiary/aromatic N) is 2. The van der Waals surface area contributed by atoms with Crippen molar-refractivity contribution in [2.45, 2.75) is 46.0 Å². The SMILES string of the molecule is CCCNc1nc(CC2CCOC2)nc(C(C)C)c1I. The maximum absolute atomic E-state index is 5.45. The Kier molecular flexibility index (Phi) is 6.01. The van der Waals surface area contributed by atoms with Crippen LogP contribution in [0, 0.1) is 9.49 Å². The second-order valence-electron chi connectivity index (χ2n) is 5.70. The highest BCUT2D eigenvalue weighted by Gasteiger charge is 2.20. The normalized spacial score (nSPS) is 18.8. The first-order valence-electron chi connectivity index (χ1n) is 7.49. The minimum Gasteiger partial charge on any atom is -0.381 e. The molecule has 0 saturated carbocycles. The third kappa shape index (κ3) is 4.04. The van der Waals surface area contributed by atoms with E-state index in [1.165, 1.54) is 0 Å². The predicted octanol–water partition coefficient (Wildman–Crippen LogP) is 3.61. The molecule has 20 heavy (non-hydrogen) atoms. The van der Waals surface area contributed by atoms with E-state index in [0.29, 0.717) is 11.8 Å². The van der Waals surface area contributed by atoms with E-state index in [1.807, 2.05) is 0 Å². The van der Waals surface area contributed by atoms with Crippen LogP contribution in [0.25, 0.3) is 0 Å². The van der Waals surface area contributed by atoms with Gasteiger partial charge >= 0.3 is 0 Å². The molecule has 1 fully saturated rings. The summed E-state index contributed by atoms with van der Waals surface area (Å²) in [5.74, 6) is 2.96. The van der Waals surface area contributed by atoms with E-state index < -0.39 is 0 Å². The van der Waals surface area contributed by atoms with Crippen LogP contribution in [-0.2, 0) is 11.2 Å². The average molecular weight is 389 g/mol. The number of hydrogen-bond acceptors (Lipinski definition) is 4. The van der Waals surface area contributed by atoms with Gasteiger partial charge in [-0.3, -0.25) is 0 Å². The summed E-state index contributed by atoms with van der Waals surface area (Å²) >= 11 is 2.36. The van der Waals surface area contributed by atoms with E-state index in [1.54, 1.807) is 0 Å². The molecule has 5 heteroatoms. The average Bonchev–Trinajstić information content (AvgIpc) is 2.91. The molecule has 1 saturated heterocycles. The quantitative estimate of drug-likeness (QED) is 0.756. The lowest BCUT2D eigenvalue weighted by atomic mass is 10.0. The summed E-state index contributed by atoms with van der Waals surface area (Å²) in [5, 5.41) is 3.43. The van der Waals surface area contributed by atoms with Gasteiger partial charge in [0, 0.05) is 26.2 Å². The van der Waals surface area contributed by atoms with E-state index in [-0.39, 0.29) is 0 Å². The Morgan fingerprint density at radius 3 is 2.80 bits per heavy atom. The lowest BCUT2D eigenvalue weighted by Gasteiger charge is -2.16. The molecule has 1 aliphatic heterocycles. The first-order chi connectivity index (χ1) is 9.61. The van der Waals surface area contributed by atoms with Gasteiger partial charge < -0.3 is 10.1 Å². The van der Waals surface area contributed by atoms with Gasteiger partial charge in [-0.25, -0.2) is 9.97 Å². The maximum atomic E-state index is 5.45. The van der Waals surface area contributed by atoms with Crippen LogP contribution in [-0.4, -0.2) is 29.7 Å². The summed E-state index contributed by atoms with van der Waals surface area (Å²) in [7, 11) is 0. The Labute approximate surface area is 135 Å². The predicted molar refractivity (Wildman–Crippen MR) is 90.2 cm³/mol. The van der Waals surface area contributed by atoms with Crippen molar-refractivity contribution in [1.29, 1.82) is 0 Å². The highest BCUT2D eigenvalue weighted by molar-refractivity contribution is 14.1. The molecule has 1 atom stereocenters. The first kappa shape index (κ1) is 15.9. The van der Waals surface area contributed by atoms with Crippen LogP contribution in [0.3, 0.4) is 0 Å². The molecular formula is C15H24IN3O. The zero-order valence-electron chi connectivity index (χ0n) is 12.6. The van der Waals surface area contributed by atoms with Crippen molar-refractivity contribution in [3.05, 3.63) is 15.1 Å². The lowest BCUT2D eigenvalue weighted by Crippen LogP contribution is -2.14. The molecule has 4 nitrogen and oxygen atoms in total. The molecule has 112 valence electrons. The van der Waals surface area contributed by atoms with Crippen molar-refractivity contribution < 1.29 is 4.74 Å². The first-order valence-corrected chi connectivity index (χ1v) is 8.57. The molecule has 0 aromatic carbocycles. The standard InChI is InChI=1S/C15H24IN3O/c1-4-6-17-15-13(16)14(10(2)3)18-12(19-15)8-11-5-7-20-9-11/h10-11H,4-9H2,1-3H3,(H,17,18,19). The Morgan fingerprint density at radius 2 is 2.20 bits per heavy atom. The largest absolute Gasteiger partial charge is 0.381 e. The Balaban J connectivity index is 2.23. The third-order valence-electron chi connectivity index (χ3n) is 3.51. The number of nitrogens with one attached hydrogen (secondary N) is 1. The fourth-order valence-corrected chi connectivity index (χ4v) is 3.40. The van der Waals surface area contributed by atoms with Crippen molar-refractivity contribution in [1.82, 2.24) is 9.97 Å². The molecule has 1 N–H and O–H groups in total. The van der Waals surface area contributed by atoms with Gasteiger partial charge in [-0.1, -0.05) is 20.8 Å². The molecule has 1 aromatic rings. The number of rotatable bonds is 6. The molecule has 1 unspecified atom stereocenters. The van der Waals surface area contributed by atoms with E-state index in [4.69, 9.17) is 14.7 Å². The Morgan fingerprint density at radius 1 is 1.40 bits per heavy atom. The van der Waals surface area contributed by atoms with Gasteiger partial charge in [-0.2, -0.15) is 0 Å². The van der Waals surface area contributed by atoms with Crippen molar-refractivity contribution in [3.63, 3.8) is 0 Å². The van der Waals surface area contributed by atoms with Crippen LogP contribution < -0.4 is 5.32 Å². The number of hydrogen-bond donors (Lipinski definition) is 1. The van der Waals surface area contributed by atoms with Crippen LogP contribution >= 0.6 is 22.6 Å². The number of halogens is 1. The number of aromatic nitrogens is 2. The summed E-state index contributed by atoms with van der Waals surface area (Å²) in [5.41, 5.74) is 1.16. The van der Waals surface area contributed by atoms with Gasteiger partial charge in [-0.15, -0.1) is 0 Å². The highest BCUT2D eigenvalue weighted by atomic mass is 127. The zero-order chi connectivity index (χ0) is 14.5. The lowest BCUT2D eigenvalue weighted by molar-refractivity contribution is 0.185. The van der Waals surface area contributed by atoms with E-state index in [0.717, 1.165) is 59.9 Å². The second-order valence-corrected chi connectivity index (χ2v) is 6.78. The van der Waals surface area contributed by atoms with Gasteiger partial charge in [0.2, 0.25) is 0 Å². The molecule has 0 amide bonds. The summed E-state index contributed by atoms with van der Waals surface area (Å²) in [6.45, 7) is 9.24. The summed E-state index contributed by atoms with van der Waals surface area (Å²) in [6.07, 6.45) is 3.16. The van der Waals surface area contributed by atoms with Gasteiger partial charge in [0.25, 0.3) is 0 Å². The van der Waals surface area contributed by atoms with Gasteiger partial charge in [0.1, 0.15) is 11.6 Å². The molecule has 0 bridgehead atoms. The van der Waals surface area contributed by atoms with Crippen LogP contribution in [0.4, 0.5) is 5.82 Å².